The molecule has 0 radical (unpaired) electrons. The SMILES string of the molecule is CCNC(CN(C)C1CCOC1)C(=O)OC. The van der Waals surface area contributed by atoms with Crippen LogP contribution in [0.5, 0.6) is 0 Å². The molecule has 94 valence electrons. The van der Waals surface area contributed by atoms with Gasteiger partial charge >= 0.3 is 5.97 Å². The Morgan fingerprint density at radius 3 is 2.94 bits per heavy atom. The molecule has 2 atom stereocenters. The maximum absolute atomic E-state index is 11.5. The van der Waals surface area contributed by atoms with Gasteiger partial charge in [0.05, 0.1) is 13.7 Å². The summed E-state index contributed by atoms with van der Waals surface area (Å²) in [6, 6.07) is 0.173. The molecule has 5 heteroatoms. The van der Waals surface area contributed by atoms with Crippen molar-refractivity contribution in [3.8, 4) is 0 Å². The smallest absolute Gasteiger partial charge is 0.324 e. The summed E-state index contributed by atoms with van der Waals surface area (Å²) in [5, 5.41) is 3.13. The van der Waals surface area contributed by atoms with Gasteiger partial charge < -0.3 is 14.8 Å². The van der Waals surface area contributed by atoms with Crippen LogP contribution in [0.25, 0.3) is 0 Å². The Balaban J connectivity index is 2.42. The first kappa shape index (κ1) is 13.4. The molecule has 0 aromatic carbocycles. The number of rotatable bonds is 6. The average molecular weight is 230 g/mol. The topological polar surface area (TPSA) is 50.8 Å². The Hall–Kier alpha value is -0.650. The van der Waals surface area contributed by atoms with Gasteiger partial charge in [-0.3, -0.25) is 9.69 Å². The standard InChI is InChI=1S/C11H22N2O3/c1-4-12-10(11(14)15-3)7-13(2)9-5-6-16-8-9/h9-10,12H,4-8H2,1-3H3. The fraction of sp³-hybridized carbons (Fsp3) is 0.909. The summed E-state index contributed by atoms with van der Waals surface area (Å²) in [4.78, 5) is 13.7. The number of methoxy groups -OCH3 is 1. The van der Waals surface area contributed by atoms with E-state index in [1.54, 1.807) is 0 Å². The fourth-order valence-electron chi connectivity index (χ4n) is 1.92. The first-order valence-electron chi connectivity index (χ1n) is 5.78. The summed E-state index contributed by atoms with van der Waals surface area (Å²) in [7, 11) is 3.44. The number of carbonyl (C=O) groups excluding carboxylic acids is 1. The van der Waals surface area contributed by atoms with Crippen LogP contribution in [0.2, 0.25) is 0 Å². The first-order chi connectivity index (χ1) is 7.69. The van der Waals surface area contributed by atoms with Gasteiger partial charge in [-0.1, -0.05) is 6.92 Å². The molecule has 0 bridgehead atoms. The van der Waals surface area contributed by atoms with Crippen LogP contribution < -0.4 is 5.32 Å². The molecule has 1 aliphatic heterocycles. The molecule has 0 aromatic rings. The van der Waals surface area contributed by atoms with Crippen molar-refractivity contribution >= 4 is 5.97 Å². The van der Waals surface area contributed by atoms with Crippen molar-refractivity contribution in [1.82, 2.24) is 10.2 Å². The van der Waals surface area contributed by atoms with E-state index in [1.807, 2.05) is 14.0 Å². The molecule has 1 heterocycles. The van der Waals surface area contributed by atoms with Gasteiger partial charge in [0.2, 0.25) is 0 Å². The Labute approximate surface area is 97.1 Å². The summed E-state index contributed by atoms with van der Waals surface area (Å²) >= 11 is 0. The highest BCUT2D eigenvalue weighted by Gasteiger charge is 2.25. The van der Waals surface area contributed by atoms with Gasteiger partial charge in [0.15, 0.2) is 0 Å². The fourth-order valence-corrected chi connectivity index (χ4v) is 1.92. The van der Waals surface area contributed by atoms with Crippen LogP contribution in [-0.2, 0) is 14.3 Å². The van der Waals surface area contributed by atoms with Crippen LogP contribution >= 0.6 is 0 Å². The van der Waals surface area contributed by atoms with E-state index < -0.39 is 0 Å². The van der Waals surface area contributed by atoms with Crippen molar-refractivity contribution < 1.29 is 14.3 Å². The van der Waals surface area contributed by atoms with Crippen molar-refractivity contribution in [3.05, 3.63) is 0 Å². The van der Waals surface area contributed by atoms with E-state index in [0.717, 1.165) is 26.2 Å². The third-order valence-corrected chi connectivity index (χ3v) is 2.94. The number of hydrogen-bond donors (Lipinski definition) is 1. The van der Waals surface area contributed by atoms with E-state index in [4.69, 9.17) is 9.47 Å². The summed E-state index contributed by atoms with van der Waals surface area (Å²) in [5.74, 6) is -0.201. The number of hydrogen-bond acceptors (Lipinski definition) is 5. The Morgan fingerprint density at radius 1 is 1.69 bits per heavy atom. The highest BCUT2D eigenvalue weighted by atomic mass is 16.5. The van der Waals surface area contributed by atoms with Crippen LogP contribution in [0.15, 0.2) is 0 Å². The number of ether oxygens (including phenoxy) is 2. The average Bonchev–Trinajstić information content (AvgIpc) is 2.80. The highest BCUT2D eigenvalue weighted by molar-refractivity contribution is 5.75. The predicted molar refractivity (Wildman–Crippen MR) is 61.3 cm³/mol. The number of likely N-dealkylation sites (N-methyl/N-ethyl adjacent to an activating group) is 2. The molecule has 1 aliphatic rings. The Morgan fingerprint density at radius 2 is 2.44 bits per heavy atom. The molecule has 0 aromatic heterocycles. The van der Waals surface area contributed by atoms with Gasteiger partial charge in [0, 0.05) is 19.2 Å². The maximum atomic E-state index is 11.5. The van der Waals surface area contributed by atoms with Crippen LogP contribution in [0.1, 0.15) is 13.3 Å². The molecule has 1 rings (SSSR count). The first-order valence-corrected chi connectivity index (χ1v) is 5.78. The highest BCUT2D eigenvalue weighted by Crippen LogP contribution is 2.10. The lowest BCUT2D eigenvalue weighted by molar-refractivity contribution is -0.143. The minimum absolute atomic E-state index is 0.201. The normalized spacial score (nSPS) is 22.4. The summed E-state index contributed by atoms with van der Waals surface area (Å²) in [5.41, 5.74) is 0. The monoisotopic (exact) mass is 230 g/mol. The molecule has 0 aliphatic carbocycles. The summed E-state index contributed by atoms with van der Waals surface area (Å²) < 4.78 is 10.1. The molecule has 2 unspecified atom stereocenters. The predicted octanol–water partition coefficient (Wildman–Crippen LogP) is -0.142. The van der Waals surface area contributed by atoms with Gasteiger partial charge in [-0.15, -0.1) is 0 Å². The lowest BCUT2D eigenvalue weighted by Gasteiger charge is -2.27. The second-order valence-corrected chi connectivity index (χ2v) is 4.09. The molecule has 1 saturated heterocycles. The van der Waals surface area contributed by atoms with Crippen LogP contribution in [0.3, 0.4) is 0 Å². The minimum atomic E-state index is -0.249. The minimum Gasteiger partial charge on any atom is -0.468 e. The van der Waals surface area contributed by atoms with E-state index in [1.165, 1.54) is 7.11 Å². The molecule has 1 N–H and O–H groups in total. The molecular formula is C11H22N2O3. The molecule has 0 saturated carbocycles. The Bertz CT molecular complexity index is 217. The lowest BCUT2D eigenvalue weighted by atomic mass is 10.2. The van der Waals surface area contributed by atoms with Crippen LogP contribution in [-0.4, -0.2) is 63.4 Å². The van der Waals surface area contributed by atoms with E-state index in [2.05, 4.69) is 10.2 Å². The molecule has 16 heavy (non-hydrogen) atoms. The third kappa shape index (κ3) is 3.73. The number of carbonyl (C=O) groups is 1. The van der Waals surface area contributed by atoms with Crippen molar-refractivity contribution in [2.45, 2.75) is 25.4 Å². The van der Waals surface area contributed by atoms with Crippen molar-refractivity contribution in [2.24, 2.45) is 0 Å². The zero-order valence-corrected chi connectivity index (χ0v) is 10.4. The van der Waals surface area contributed by atoms with E-state index in [-0.39, 0.29) is 12.0 Å². The summed E-state index contributed by atoms with van der Waals surface area (Å²) in [6.45, 7) is 4.98. The number of nitrogens with zero attached hydrogens (tertiary/aromatic N) is 1. The summed E-state index contributed by atoms with van der Waals surface area (Å²) in [6.07, 6.45) is 1.04. The van der Waals surface area contributed by atoms with Gasteiger partial charge in [-0.25, -0.2) is 0 Å². The van der Waals surface area contributed by atoms with Gasteiger partial charge in [-0.2, -0.15) is 0 Å². The maximum Gasteiger partial charge on any atom is 0.324 e. The van der Waals surface area contributed by atoms with Crippen molar-refractivity contribution in [1.29, 1.82) is 0 Å². The molecule has 1 fully saturated rings. The van der Waals surface area contributed by atoms with Crippen molar-refractivity contribution in [3.63, 3.8) is 0 Å². The number of esters is 1. The third-order valence-electron chi connectivity index (χ3n) is 2.94. The molecule has 5 nitrogen and oxygen atoms in total. The molecule has 0 spiro atoms. The van der Waals surface area contributed by atoms with Gasteiger partial charge in [-0.05, 0) is 20.0 Å². The van der Waals surface area contributed by atoms with Crippen LogP contribution in [0.4, 0.5) is 0 Å². The number of nitrogens with one attached hydrogen (secondary N) is 1. The zero-order chi connectivity index (χ0) is 12.0. The van der Waals surface area contributed by atoms with E-state index in [0.29, 0.717) is 12.6 Å². The molecular weight excluding hydrogens is 208 g/mol. The zero-order valence-electron chi connectivity index (χ0n) is 10.4. The van der Waals surface area contributed by atoms with Gasteiger partial charge in [0.1, 0.15) is 6.04 Å². The van der Waals surface area contributed by atoms with Crippen molar-refractivity contribution in [2.75, 3.05) is 40.5 Å². The second-order valence-electron chi connectivity index (χ2n) is 4.09. The quantitative estimate of drug-likeness (QED) is 0.644. The molecule has 0 amide bonds. The van der Waals surface area contributed by atoms with Crippen LogP contribution in [0, 0.1) is 0 Å². The second kappa shape index (κ2) is 6.83. The van der Waals surface area contributed by atoms with Gasteiger partial charge in [0.25, 0.3) is 0 Å². The Kier molecular flexibility index (Phi) is 5.73. The largest absolute Gasteiger partial charge is 0.468 e. The van der Waals surface area contributed by atoms with E-state index in [9.17, 15) is 4.79 Å². The van der Waals surface area contributed by atoms with E-state index >= 15 is 0 Å². The lowest BCUT2D eigenvalue weighted by Crippen LogP contribution is -2.48.